The molecule has 84 valence electrons. The van der Waals surface area contributed by atoms with E-state index in [9.17, 15) is 4.79 Å². The van der Waals surface area contributed by atoms with Gasteiger partial charge in [-0.3, -0.25) is 4.79 Å². The monoisotopic (exact) mass is 220 g/mol. The van der Waals surface area contributed by atoms with Gasteiger partial charge in [0.15, 0.2) is 0 Å². The van der Waals surface area contributed by atoms with Crippen LogP contribution in [0.15, 0.2) is 10.6 Å². The van der Waals surface area contributed by atoms with Crippen LogP contribution in [0.1, 0.15) is 29.8 Å². The predicted octanol–water partition coefficient (Wildman–Crippen LogP) is 2.03. The van der Waals surface area contributed by atoms with Crippen molar-refractivity contribution in [3.05, 3.63) is 23.0 Å². The molecular weight excluding hydrogens is 208 g/mol. The summed E-state index contributed by atoms with van der Waals surface area (Å²) in [4.78, 5) is 15.1. The highest BCUT2D eigenvalue weighted by Gasteiger charge is 2.23. The normalized spacial score (nSPS) is 12.9. The van der Waals surface area contributed by atoms with E-state index in [4.69, 9.17) is 9.63 Å². The molecule has 0 aliphatic heterocycles. The summed E-state index contributed by atoms with van der Waals surface area (Å²) in [5.41, 5.74) is 2.61. The van der Waals surface area contributed by atoms with Crippen molar-refractivity contribution in [2.24, 2.45) is 0 Å². The highest BCUT2D eigenvalue weighted by molar-refractivity contribution is 5.86. The number of nitrogens with zero attached hydrogens (tertiary/aromatic N) is 2. The van der Waals surface area contributed by atoms with Crippen LogP contribution in [0.4, 0.5) is 0 Å². The minimum Gasteiger partial charge on any atom is -0.481 e. The van der Waals surface area contributed by atoms with E-state index in [0.717, 1.165) is 11.3 Å². The molecule has 5 heteroatoms. The molecule has 2 aromatic heterocycles. The van der Waals surface area contributed by atoms with Crippen LogP contribution in [-0.2, 0) is 4.79 Å². The van der Waals surface area contributed by atoms with Crippen molar-refractivity contribution < 1.29 is 14.4 Å². The van der Waals surface area contributed by atoms with Crippen LogP contribution >= 0.6 is 0 Å². The molecule has 0 aliphatic rings. The fourth-order valence-electron chi connectivity index (χ4n) is 1.73. The van der Waals surface area contributed by atoms with Gasteiger partial charge in [0.25, 0.3) is 5.71 Å². The average molecular weight is 220 g/mol. The summed E-state index contributed by atoms with van der Waals surface area (Å²) in [6.45, 7) is 5.33. The quantitative estimate of drug-likeness (QED) is 0.837. The molecule has 0 fully saturated rings. The summed E-state index contributed by atoms with van der Waals surface area (Å²) in [6, 6.07) is 1.89. The van der Waals surface area contributed by atoms with Gasteiger partial charge in [0, 0.05) is 5.69 Å². The van der Waals surface area contributed by atoms with Gasteiger partial charge in [0.1, 0.15) is 11.6 Å². The molecule has 0 amide bonds. The van der Waals surface area contributed by atoms with E-state index >= 15 is 0 Å². The molecule has 0 aliphatic carbocycles. The molecule has 0 saturated carbocycles. The third-order valence-corrected chi connectivity index (χ3v) is 2.58. The number of hydrogen-bond donors (Lipinski definition) is 1. The molecule has 2 aromatic rings. The molecule has 5 nitrogen and oxygen atoms in total. The topological polar surface area (TPSA) is 76.2 Å². The van der Waals surface area contributed by atoms with Crippen molar-refractivity contribution in [3.63, 3.8) is 0 Å². The Kier molecular flexibility index (Phi) is 2.38. The third kappa shape index (κ3) is 1.54. The highest BCUT2D eigenvalue weighted by atomic mass is 16.5. The minimum atomic E-state index is -0.921. The fraction of sp³-hybridized carbons (Fsp3) is 0.364. The Bertz CT molecular complexity index is 560. The zero-order chi connectivity index (χ0) is 11.9. The van der Waals surface area contributed by atoms with Crippen LogP contribution in [0.2, 0.25) is 0 Å². The van der Waals surface area contributed by atoms with Gasteiger partial charge >= 0.3 is 5.97 Å². The first kappa shape index (κ1) is 10.6. The van der Waals surface area contributed by atoms with Gasteiger partial charge in [-0.15, -0.1) is 0 Å². The molecular formula is C11H12N2O3. The van der Waals surface area contributed by atoms with Gasteiger partial charge < -0.3 is 9.63 Å². The Labute approximate surface area is 92.1 Å². The third-order valence-electron chi connectivity index (χ3n) is 2.58. The van der Waals surface area contributed by atoms with Gasteiger partial charge in [-0.2, -0.15) is 0 Å². The smallest absolute Gasteiger partial charge is 0.312 e. The number of fused-ring (bicyclic) bond motifs is 1. The first-order valence-corrected chi connectivity index (χ1v) is 4.97. The van der Waals surface area contributed by atoms with Crippen LogP contribution in [0.5, 0.6) is 0 Å². The number of carboxylic acid groups (broad SMARTS) is 1. The molecule has 1 N–H and O–H groups in total. The SMILES string of the molecule is Cc1cc(C)c2c(C(C)C(=O)O)noc2n1. The van der Waals surface area contributed by atoms with Crippen LogP contribution in [0.3, 0.4) is 0 Å². The van der Waals surface area contributed by atoms with E-state index in [1.165, 1.54) is 0 Å². The molecule has 16 heavy (non-hydrogen) atoms. The number of pyridine rings is 1. The summed E-state index contributed by atoms with van der Waals surface area (Å²) in [5.74, 6) is -1.61. The Balaban J connectivity index is 2.69. The van der Waals surface area contributed by atoms with Crippen LogP contribution in [-0.4, -0.2) is 21.2 Å². The van der Waals surface area contributed by atoms with E-state index in [1.54, 1.807) is 6.92 Å². The lowest BCUT2D eigenvalue weighted by Crippen LogP contribution is -2.08. The number of carbonyl (C=O) groups is 1. The second-order valence-electron chi connectivity index (χ2n) is 3.89. The second-order valence-corrected chi connectivity index (χ2v) is 3.89. The van der Waals surface area contributed by atoms with Crippen molar-refractivity contribution in [2.45, 2.75) is 26.7 Å². The van der Waals surface area contributed by atoms with E-state index in [-0.39, 0.29) is 0 Å². The summed E-state index contributed by atoms with van der Waals surface area (Å²) < 4.78 is 5.06. The van der Waals surface area contributed by atoms with Crippen molar-refractivity contribution in [3.8, 4) is 0 Å². The van der Waals surface area contributed by atoms with Crippen molar-refractivity contribution in [1.29, 1.82) is 0 Å². The Morgan fingerprint density at radius 2 is 2.19 bits per heavy atom. The van der Waals surface area contributed by atoms with Crippen molar-refractivity contribution >= 4 is 17.1 Å². The maximum absolute atomic E-state index is 10.9. The van der Waals surface area contributed by atoms with Gasteiger partial charge in [-0.1, -0.05) is 5.16 Å². The Hall–Kier alpha value is -1.91. The Morgan fingerprint density at radius 1 is 1.50 bits per heavy atom. The molecule has 0 bridgehead atoms. The lowest BCUT2D eigenvalue weighted by molar-refractivity contribution is -0.138. The van der Waals surface area contributed by atoms with Crippen LogP contribution < -0.4 is 0 Å². The van der Waals surface area contributed by atoms with Gasteiger partial charge in [-0.25, -0.2) is 4.98 Å². The molecule has 0 saturated heterocycles. The highest BCUT2D eigenvalue weighted by Crippen LogP contribution is 2.27. The van der Waals surface area contributed by atoms with Crippen LogP contribution in [0, 0.1) is 13.8 Å². The zero-order valence-electron chi connectivity index (χ0n) is 9.31. The van der Waals surface area contributed by atoms with Crippen molar-refractivity contribution in [2.75, 3.05) is 0 Å². The second kappa shape index (κ2) is 3.59. The molecule has 1 unspecified atom stereocenters. The van der Waals surface area contributed by atoms with E-state index in [1.807, 2.05) is 19.9 Å². The summed E-state index contributed by atoms with van der Waals surface area (Å²) in [5, 5.41) is 13.5. The summed E-state index contributed by atoms with van der Waals surface area (Å²) >= 11 is 0. The largest absolute Gasteiger partial charge is 0.481 e. The number of aryl methyl sites for hydroxylation is 2. The summed E-state index contributed by atoms with van der Waals surface area (Å²) in [7, 11) is 0. The maximum Gasteiger partial charge on any atom is 0.312 e. The lowest BCUT2D eigenvalue weighted by atomic mass is 10.0. The molecule has 0 radical (unpaired) electrons. The van der Waals surface area contributed by atoms with Crippen molar-refractivity contribution in [1.82, 2.24) is 10.1 Å². The minimum absolute atomic E-state index is 0.403. The first-order chi connectivity index (χ1) is 7.50. The lowest BCUT2D eigenvalue weighted by Gasteiger charge is -2.03. The average Bonchev–Trinajstić information content (AvgIpc) is 2.59. The molecule has 0 spiro atoms. The zero-order valence-corrected chi connectivity index (χ0v) is 9.31. The summed E-state index contributed by atoms with van der Waals surface area (Å²) in [6.07, 6.45) is 0. The predicted molar refractivity (Wildman–Crippen MR) is 57.3 cm³/mol. The van der Waals surface area contributed by atoms with E-state index < -0.39 is 11.9 Å². The number of carboxylic acids is 1. The van der Waals surface area contributed by atoms with Gasteiger partial charge in [-0.05, 0) is 32.4 Å². The Morgan fingerprint density at radius 3 is 2.81 bits per heavy atom. The number of aromatic nitrogens is 2. The fourth-order valence-corrected chi connectivity index (χ4v) is 1.73. The first-order valence-electron chi connectivity index (χ1n) is 4.97. The molecule has 1 atom stereocenters. The molecule has 2 heterocycles. The molecule has 0 aromatic carbocycles. The van der Waals surface area contributed by atoms with E-state index in [0.29, 0.717) is 16.8 Å². The number of rotatable bonds is 2. The van der Waals surface area contributed by atoms with Gasteiger partial charge in [0.05, 0.1) is 5.39 Å². The van der Waals surface area contributed by atoms with Crippen LogP contribution in [0.25, 0.3) is 11.1 Å². The van der Waals surface area contributed by atoms with E-state index in [2.05, 4.69) is 10.1 Å². The van der Waals surface area contributed by atoms with Gasteiger partial charge in [0.2, 0.25) is 0 Å². The number of aliphatic carboxylic acids is 1. The standard InChI is InChI=1S/C11H12N2O3/c1-5-4-6(2)12-10-8(5)9(13-16-10)7(3)11(14)15/h4,7H,1-3H3,(H,14,15). The maximum atomic E-state index is 10.9. The number of hydrogen-bond acceptors (Lipinski definition) is 4. The molecule has 2 rings (SSSR count).